The Hall–Kier alpha value is -1.94. The van der Waals surface area contributed by atoms with Gasteiger partial charge in [-0.2, -0.15) is 0 Å². The van der Waals surface area contributed by atoms with Crippen LogP contribution in [0.1, 0.15) is 362 Å². The zero-order valence-electron chi connectivity index (χ0n) is 57.6. The molecule has 0 rings (SSSR count). The highest BCUT2D eigenvalue weighted by Crippen LogP contribution is 2.45. The van der Waals surface area contributed by atoms with Crippen LogP contribution in [0.2, 0.25) is 0 Å². The fourth-order valence-corrected chi connectivity index (χ4v) is 12.2. The fourth-order valence-electron chi connectivity index (χ4n) is 10.6. The van der Waals surface area contributed by atoms with E-state index in [1.54, 1.807) is 0 Å². The molecular weight excluding hydrogens is 1170 g/mol. The topological polar surface area (TPSA) is 237 Å². The molecule has 17 nitrogen and oxygen atoms in total. The number of ether oxygens (including phenoxy) is 4. The van der Waals surface area contributed by atoms with Crippen LogP contribution < -0.4 is 0 Å². The van der Waals surface area contributed by atoms with Gasteiger partial charge in [-0.15, -0.1) is 0 Å². The van der Waals surface area contributed by atoms with Crippen molar-refractivity contribution in [3.8, 4) is 0 Å². The summed E-state index contributed by atoms with van der Waals surface area (Å²) in [5.74, 6) is -1.36. The van der Waals surface area contributed by atoms with Gasteiger partial charge in [-0.25, -0.2) is 9.13 Å². The van der Waals surface area contributed by atoms with Gasteiger partial charge in [0.15, 0.2) is 12.2 Å². The minimum absolute atomic E-state index is 0.105. The second-order valence-corrected chi connectivity index (χ2v) is 28.4. The third-order valence-electron chi connectivity index (χ3n) is 16.6. The quantitative estimate of drug-likeness (QED) is 0.0222. The molecule has 3 unspecified atom stereocenters. The summed E-state index contributed by atoms with van der Waals surface area (Å²) in [7, 11) is -9.89. The summed E-state index contributed by atoms with van der Waals surface area (Å²) in [5.41, 5.74) is 0. The summed E-state index contributed by atoms with van der Waals surface area (Å²) >= 11 is 0. The Balaban J connectivity index is 5.20. The number of aliphatic hydroxyl groups excluding tert-OH is 1. The lowest BCUT2D eigenvalue weighted by Gasteiger charge is -2.21. The lowest BCUT2D eigenvalue weighted by Crippen LogP contribution is -2.30. The van der Waals surface area contributed by atoms with E-state index < -0.39 is 97.5 Å². The Morgan fingerprint density at radius 3 is 0.798 bits per heavy atom. The maximum Gasteiger partial charge on any atom is 0.472 e. The van der Waals surface area contributed by atoms with Gasteiger partial charge in [-0.05, 0) is 31.6 Å². The fraction of sp³-hybridized carbons (Fsp3) is 0.943. The molecule has 0 aromatic rings. The van der Waals surface area contributed by atoms with E-state index in [-0.39, 0.29) is 25.7 Å². The number of aliphatic hydroxyl groups is 1. The van der Waals surface area contributed by atoms with E-state index in [1.807, 2.05) is 0 Å². The number of rotatable bonds is 70. The number of phosphoric acid groups is 2. The first kappa shape index (κ1) is 87.1. The molecule has 0 amide bonds. The number of hydrogen-bond donors (Lipinski definition) is 3. The summed E-state index contributed by atoms with van der Waals surface area (Å²) in [6.45, 7) is 7.21. The first-order chi connectivity index (χ1) is 43.1. The number of phosphoric ester groups is 2. The minimum atomic E-state index is -4.95. The average molecular weight is 1310 g/mol. The van der Waals surface area contributed by atoms with E-state index in [2.05, 4.69) is 34.6 Å². The standard InChI is InChI=1S/C70H136O17P2/c1-6-10-13-16-19-21-23-25-26-27-28-30-32-34-40-45-50-55-69(74)86-66(60-81-68(73)54-49-44-39-33-31-29-24-22-20-17-14-11-7-2)62-85-89(78,79)83-58-64(71)57-82-88(76,77)84-61-65(59-80-67(72)53-48-43-37-18-15-12-8-3)87-70(75)56-51-46-41-36-35-38-42-47-52-63(5)9-4/h63-66,71H,6-62H2,1-5H3,(H,76,77)(H,78,79)/t63?,64-,65+,66+/m0/s1. The number of esters is 4. The first-order valence-corrected chi connectivity index (χ1v) is 39.7. The van der Waals surface area contributed by atoms with Crippen molar-refractivity contribution in [3.05, 3.63) is 0 Å². The van der Waals surface area contributed by atoms with Crippen molar-refractivity contribution in [2.24, 2.45) is 5.92 Å². The van der Waals surface area contributed by atoms with E-state index in [1.165, 1.54) is 173 Å². The summed E-state index contributed by atoms with van der Waals surface area (Å²) in [6.07, 6.45) is 50.0. The van der Waals surface area contributed by atoms with Gasteiger partial charge in [-0.1, -0.05) is 311 Å². The van der Waals surface area contributed by atoms with Crippen molar-refractivity contribution in [3.63, 3.8) is 0 Å². The van der Waals surface area contributed by atoms with Gasteiger partial charge in [0.1, 0.15) is 19.3 Å². The van der Waals surface area contributed by atoms with Crippen molar-refractivity contribution in [2.45, 2.75) is 380 Å². The van der Waals surface area contributed by atoms with Crippen LogP contribution in [0.5, 0.6) is 0 Å². The Morgan fingerprint density at radius 2 is 0.539 bits per heavy atom. The van der Waals surface area contributed by atoms with Gasteiger partial charge in [0, 0.05) is 25.7 Å². The summed E-state index contributed by atoms with van der Waals surface area (Å²) in [6, 6.07) is 0. The molecule has 0 bridgehead atoms. The van der Waals surface area contributed by atoms with Crippen LogP contribution in [0.3, 0.4) is 0 Å². The normalized spacial score (nSPS) is 14.4. The van der Waals surface area contributed by atoms with Gasteiger partial charge in [0.05, 0.1) is 26.4 Å². The van der Waals surface area contributed by atoms with E-state index in [4.69, 9.17) is 37.0 Å². The number of unbranched alkanes of at least 4 members (excludes halogenated alkanes) is 41. The van der Waals surface area contributed by atoms with Crippen LogP contribution in [-0.4, -0.2) is 96.7 Å². The highest BCUT2D eigenvalue weighted by molar-refractivity contribution is 7.47. The van der Waals surface area contributed by atoms with Crippen molar-refractivity contribution in [2.75, 3.05) is 39.6 Å². The van der Waals surface area contributed by atoms with E-state index >= 15 is 0 Å². The molecule has 0 spiro atoms. The first-order valence-electron chi connectivity index (χ1n) is 36.7. The zero-order chi connectivity index (χ0) is 65.6. The molecule has 0 radical (unpaired) electrons. The number of carbonyl (C=O) groups excluding carboxylic acids is 4. The predicted octanol–water partition coefficient (Wildman–Crippen LogP) is 20.1. The van der Waals surface area contributed by atoms with E-state index in [0.717, 1.165) is 109 Å². The van der Waals surface area contributed by atoms with E-state index in [9.17, 15) is 43.2 Å². The largest absolute Gasteiger partial charge is 0.472 e. The van der Waals surface area contributed by atoms with Crippen LogP contribution >= 0.6 is 15.6 Å². The van der Waals surface area contributed by atoms with Crippen LogP contribution in [0, 0.1) is 5.92 Å². The molecule has 0 aliphatic heterocycles. The SMILES string of the molecule is CCCCCCCCCCCCCCCCCCCC(=O)O[C@H](COC(=O)CCCCCCCCCCCCCCC)COP(=O)(O)OC[C@@H](O)COP(=O)(O)OC[C@@H](COC(=O)CCCCCCCCC)OC(=O)CCCCCCCCCCC(C)CC. The van der Waals surface area contributed by atoms with Gasteiger partial charge in [0.25, 0.3) is 0 Å². The van der Waals surface area contributed by atoms with Gasteiger partial charge < -0.3 is 33.8 Å². The van der Waals surface area contributed by atoms with E-state index in [0.29, 0.717) is 25.7 Å². The molecule has 0 aliphatic carbocycles. The molecule has 0 aliphatic rings. The second-order valence-electron chi connectivity index (χ2n) is 25.5. The van der Waals surface area contributed by atoms with Gasteiger partial charge in [0.2, 0.25) is 0 Å². The third-order valence-corrected chi connectivity index (χ3v) is 18.5. The molecule has 0 heterocycles. The molecule has 6 atom stereocenters. The maximum absolute atomic E-state index is 13.0. The van der Waals surface area contributed by atoms with Crippen LogP contribution in [0.25, 0.3) is 0 Å². The third kappa shape index (κ3) is 63.2. The molecule has 0 saturated heterocycles. The molecule has 0 fully saturated rings. The molecule has 0 aromatic carbocycles. The Bertz CT molecular complexity index is 1720. The molecule has 0 saturated carbocycles. The summed E-state index contributed by atoms with van der Waals surface area (Å²) < 4.78 is 68.2. The van der Waals surface area contributed by atoms with Crippen molar-refractivity contribution >= 4 is 39.5 Å². The Labute approximate surface area is 543 Å². The molecule has 0 aromatic heterocycles. The van der Waals surface area contributed by atoms with Crippen LogP contribution in [0.4, 0.5) is 0 Å². The van der Waals surface area contributed by atoms with Crippen molar-refractivity contribution < 1.29 is 80.2 Å². The second kappa shape index (κ2) is 63.5. The Kier molecular flexibility index (Phi) is 62.1. The molecule has 3 N–H and O–H groups in total. The molecule has 89 heavy (non-hydrogen) atoms. The molecular formula is C70H136O17P2. The minimum Gasteiger partial charge on any atom is -0.462 e. The molecule has 19 heteroatoms. The Morgan fingerprint density at radius 1 is 0.315 bits per heavy atom. The number of hydrogen-bond acceptors (Lipinski definition) is 15. The summed E-state index contributed by atoms with van der Waals surface area (Å²) in [5, 5.41) is 10.6. The lowest BCUT2D eigenvalue weighted by atomic mass is 9.99. The number of carbonyl (C=O) groups is 4. The van der Waals surface area contributed by atoms with Crippen molar-refractivity contribution in [1.82, 2.24) is 0 Å². The summed E-state index contributed by atoms with van der Waals surface area (Å²) in [4.78, 5) is 72.4. The van der Waals surface area contributed by atoms with Crippen LogP contribution in [0.15, 0.2) is 0 Å². The average Bonchev–Trinajstić information content (AvgIpc) is 3.73. The highest BCUT2D eigenvalue weighted by atomic mass is 31.2. The van der Waals surface area contributed by atoms with Crippen LogP contribution in [-0.2, 0) is 65.4 Å². The highest BCUT2D eigenvalue weighted by Gasteiger charge is 2.30. The predicted molar refractivity (Wildman–Crippen MR) is 358 cm³/mol. The van der Waals surface area contributed by atoms with Gasteiger partial charge in [-0.3, -0.25) is 37.3 Å². The van der Waals surface area contributed by atoms with Gasteiger partial charge >= 0.3 is 39.5 Å². The zero-order valence-corrected chi connectivity index (χ0v) is 59.4. The van der Waals surface area contributed by atoms with Crippen molar-refractivity contribution in [1.29, 1.82) is 0 Å². The smallest absolute Gasteiger partial charge is 0.462 e. The molecule has 528 valence electrons. The monoisotopic (exact) mass is 1310 g/mol. The lowest BCUT2D eigenvalue weighted by molar-refractivity contribution is -0.161. The maximum atomic E-state index is 13.0.